The Hall–Kier alpha value is -1.69. The predicted octanol–water partition coefficient (Wildman–Crippen LogP) is 2.56. The van der Waals surface area contributed by atoms with Crippen LogP contribution in [0.15, 0.2) is 28.9 Å². The summed E-state index contributed by atoms with van der Waals surface area (Å²) in [5.74, 6) is -0.995. The molecule has 0 aliphatic heterocycles. The minimum atomic E-state index is -0.553. The van der Waals surface area contributed by atoms with Gasteiger partial charge in [0.2, 0.25) is 0 Å². The van der Waals surface area contributed by atoms with Crippen molar-refractivity contribution in [1.29, 1.82) is 0 Å². The molecule has 0 aliphatic rings. The molecular weight excluding hydrogens is 313 g/mol. The monoisotopic (exact) mass is 325 g/mol. The third-order valence-corrected chi connectivity index (χ3v) is 3.36. The second kappa shape index (κ2) is 5.52. The Kier molecular flexibility index (Phi) is 3.99. The van der Waals surface area contributed by atoms with E-state index in [1.165, 1.54) is 6.07 Å². The van der Waals surface area contributed by atoms with Crippen LogP contribution >= 0.6 is 15.9 Å². The standard InChI is InChI=1S/C13H13BrFN3O/c1-8-9(7-18(2)17-8)6-16-13(19)10-4-3-5-11(14)12(10)15/h3-5,7H,6H2,1-2H3,(H,16,19). The number of amides is 1. The summed E-state index contributed by atoms with van der Waals surface area (Å²) in [7, 11) is 1.81. The largest absolute Gasteiger partial charge is 0.348 e. The molecule has 19 heavy (non-hydrogen) atoms. The summed E-state index contributed by atoms with van der Waals surface area (Å²) in [4.78, 5) is 11.9. The van der Waals surface area contributed by atoms with Crippen LogP contribution in [0.4, 0.5) is 4.39 Å². The van der Waals surface area contributed by atoms with Crippen molar-refractivity contribution in [2.24, 2.45) is 7.05 Å². The summed E-state index contributed by atoms with van der Waals surface area (Å²) in [5.41, 5.74) is 1.78. The molecule has 0 fully saturated rings. The molecule has 0 radical (unpaired) electrons. The minimum Gasteiger partial charge on any atom is -0.348 e. The lowest BCUT2D eigenvalue weighted by Gasteiger charge is -2.06. The van der Waals surface area contributed by atoms with Crippen molar-refractivity contribution >= 4 is 21.8 Å². The number of nitrogens with one attached hydrogen (secondary N) is 1. The first-order valence-electron chi connectivity index (χ1n) is 5.70. The van der Waals surface area contributed by atoms with E-state index in [2.05, 4.69) is 26.3 Å². The molecule has 0 spiro atoms. The third kappa shape index (κ3) is 3.01. The van der Waals surface area contributed by atoms with Crippen LogP contribution in [0.1, 0.15) is 21.6 Å². The van der Waals surface area contributed by atoms with Crippen LogP contribution in [0.3, 0.4) is 0 Å². The average Bonchev–Trinajstić information content (AvgIpc) is 2.68. The lowest BCUT2D eigenvalue weighted by Crippen LogP contribution is -2.24. The molecule has 0 saturated carbocycles. The van der Waals surface area contributed by atoms with Gasteiger partial charge in [-0.3, -0.25) is 9.48 Å². The first-order valence-corrected chi connectivity index (χ1v) is 6.49. The molecule has 0 atom stereocenters. The predicted molar refractivity (Wildman–Crippen MR) is 73.2 cm³/mol. The molecule has 0 saturated heterocycles. The lowest BCUT2D eigenvalue weighted by atomic mass is 10.2. The Morgan fingerprint density at radius 1 is 1.53 bits per heavy atom. The van der Waals surface area contributed by atoms with E-state index in [1.807, 2.05) is 20.2 Å². The van der Waals surface area contributed by atoms with Gasteiger partial charge in [0.25, 0.3) is 5.91 Å². The number of benzene rings is 1. The van der Waals surface area contributed by atoms with Crippen LogP contribution in [-0.4, -0.2) is 15.7 Å². The maximum atomic E-state index is 13.7. The zero-order chi connectivity index (χ0) is 14.0. The Labute approximate surface area is 118 Å². The van der Waals surface area contributed by atoms with E-state index < -0.39 is 11.7 Å². The highest BCUT2D eigenvalue weighted by Gasteiger charge is 2.14. The van der Waals surface area contributed by atoms with Crippen molar-refractivity contribution in [3.05, 3.63) is 51.5 Å². The SMILES string of the molecule is Cc1nn(C)cc1CNC(=O)c1cccc(Br)c1F. The maximum Gasteiger partial charge on any atom is 0.254 e. The van der Waals surface area contributed by atoms with E-state index in [4.69, 9.17) is 0 Å². The average molecular weight is 326 g/mol. The van der Waals surface area contributed by atoms with Gasteiger partial charge >= 0.3 is 0 Å². The van der Waals surface area contributed by atoms with E-state index in [0.29, 0.717) is 6.54 Å². The number of aryl methyl sites for hydroxylation is 2. The van der Waals surface area contributed by atoms with Gasteiger partial charge in [-0.1, -0.05) is 6.07 Å². The summed E-state index contributed by atoms with van der Waals surface area (Å²) in [6.45, 7) is 2.19. The third-order valence-electron chi connectivity index (χ3n) is 2.75. The summed E-state index contributed by atoms with van der Waals surface area (Å²) >= 11 is 3.06. The Balaban J connectivity index is 2.10. The van der Waals surface area contributed by atoms with Crippen LogP contribution in [0.25, 0.3) is 0 Å². The molecule has 0 bridgehead atoms. The molecule has 100 valence electrons. The summed E-state index contributed by atoms with van der Waals surface area (Å²) in [5, 5.41) is 6.86. The van der Waals surface area contributed by atoms with Crippen molar-refractivity contribution in [1.82, 2.24) is 15.1 Å². The van der Waals surface area contributed by atoms with E-state index in [1.54, 1.807) is 16.8 Å². The fourth-order valence-electron chi connectivity index (χ4n) is 1.77. The Morgan fingerprint density at radius 2 is 2.26 bits per heavy atom. The molecule has 1 heterocycles. The first-order chi connectivity index (χ1) is 8.99. The summed E-state index contributed by atoms with van der Waals surface area (Å²) < 4.78 is 15.7. The number of aromatic nitrogens is 2. The second-order valence-corrected chi connectivity index (χ2v) is 5.05. The smallest absolute Gasteiger partial charge is 0.254 e. The lowest BCUT2D eigenvalue weighted by molar-refractivity contribution is 0.0946. The summed E-state index contributed by atoms with van der Waals surface area (Å²) in [6, 6.07) is 4.63. The van der Waals surface area contributed by atoms with Crippen molar-refractivity contribution in [2.75, 3.05) is 0 Å². The maximum absolute atomic E-state index is 13.7. The molecule has 1 N–H and O–H groups in total. The highest BCUT2D eigenvalue weighted by atomic mass is 79.9. The quantitative estimate of drug-likeness (QED) is 0.942. The molecule has 2 aromatic rings. The van der Waals surface area contributed by atoms with Gasteiger partial charge < -0.3 is 5.32 Å². The zero-order valence-electron chi connectivity index (χ0n) is 10.6. The zero-order valence-corrected chi connectivity index (χ0v) is 12.2. The minimum absolute atomic E-state index is 0.0240. The number of hydrogen-bond acceptors (Lipinski definition) is 2. The van der Waals surface area contributed by atoms with Crippen LogP contribution in [0.2, 0.25) is 0 Å². The number of nitrogens with zero attached hydrogens (tertiary/aromatic N) is 2. The number of carbonyl (C=O) groups excluding carboxylic acids is 1. The second-order valence-electron chi connectivity index (χ2n) is 4.20. The van der Waals surface area contributed by atoms with Crippen molar-refractivity contribution in [3.8, 4) is 0 Å². The molecule has 6 heteroatoms. The molecule has 4 nitrogen and oxygen atoms in total. The molecule has 1 aromatic heterocycles. The highest BCUT2D eigenvalue weighted by molar-refractivity contribution is 9.10. The van der Waals surface area contributed by atoms with Crippen LogP contribution in [0.5, 0.6) is 0 Å². The van der Waals surface area contributed by atoms with E-state index in [9.17, 15) is 9.18 Å². The van der Waals surface area contributed by atoms with E-state index in [0.717, 1.165) is 11.3 Å². The van der Waals surface area contributed by atoms with Gasteiger partial charge in [-0.05, 0) is 35.0 Å². The van der Waals surface area contributed by atoms with Crippen LogP contribution in [0, 0.1) is 12.7 Å². The topological polar surface area (TPSA) is 46.9 Å². The molecule has 0 unspecified atom stereocenters. The normalized spacial score (nSPS) is 10.5. The fraction of sp³-hybridized carbons (Fsp3) is 0.231. The van der Waals surface area contributed by atoms with Crippen molar-refractivity contribution in [2.45, 2.75) is 13.5 Å². The molecule has 1 aromatic carbocycles. The van der Waals surface area contributed by atoms with Crippen LogP contribution < -0.4 is 5.32 Å². The van der Waals surface area contributed by atoms with Gasteiger partial charge in [0.1, 0.15) is 5.82 Å². The van der Waals surface area contributed by atoms with E-state index >= 15 is 0 Å². The molecule has 0 aliphatic carbocycles. The number of halogens is 2. The summed E-state index contributed by atoms with van der Waals surface area (Å²) in [6.07, 6.45) is 1.83. The van der Waals surface area contributed by atoms with Gasteiger partial charge in [-0.2, -0.15) is 5.10 Å². The van der Waals surface area contributed by atoms with Gasteiger partial charge in [0.05, 0.1) is 15.7 Å². The number of hydrogen-bond donors (Lipinski definition) is 1. The molecule has 1 amide bonds. The van der Waals surface area contributed by atoms with Gasteiger partial charge in [0.15, 0.2) is 0 Å². The highest BCUT2D eigenvalue weighted by Crippen LogP contribution is 2.18. The molecule has 2 rings (SSSR count). The number of carbonyl (C=O) groups is 1. The van der Waals surface area contributed by atoms with Crippen molar-refractivity contribution in [3.63, 3.8) is 0 Å². The fourth-order valence-corrected chi connectivity index (χ4v) is 2.14. The van der Waals surface area contributed by atoms with Gasteiger partial charge in [-0.25, -0.2) is 4.39 Å². The van der Waals surface area contributed by atoms with Gasteiger partial charge in [-0.15, -0.1) is 0 Å². The molecular formula is C13H13BrFN3O. The van der Waals surface area contributed by atoms with E-state index in [-0.39, 0.29) is 10.0 Å². The number of rotatable bonds is 3. The Bertz CT molecular complexity index is 624. The van der Waals surface area contributed by atoms with Gasteiger partial charge in [0, 0.05) is 25.4 Å². The Morgan fingerprint density at radius 3 is 2.89 bits per heavy atom. The van der Waals surface area contributed by atoms with Crippen molar-refractivity contribution < 1.29 is 9.18 Å². The first kappa shape index (κ1) is 13.7. The van der Waals surface area contributed by atoms with Crippen LogP contribution in [-0.2, 0) is 13.6 Å².